The van der Waals surface area contributed by atoms with Gasteiger partial charge in [0.15, 0.2) is 6.61 Å². The number of benzene rings is 1. The number of aliphatic carboxylic acids is 1. The van der Waals surface area contributed by atoms with Gasteiger partial charge >= 0.3 is 5.97 Å². The number of nitrogens with one attached hydrogen (secondary N) is 1. The van der Waals surface area contributed by atoms with E-state index in [1.165, 1.54) is 6.07 Å². The monoisotopic (exact) mass is 301 g/mol. The summed E-state index contributed by atoms with van der Waals surface area (Å²) in [5.41, 5.74) is 0. The molecule has 1 fully saturated rings. The Bertz CT molecular complexity index is 533. The largest absolute Gasteiger partial charge is 0.482 e. The Morgan fingerprint density at radius 2 is 2.20 bits per heavy atom. The molecule has 1 saturated carbocycles. The molecule has 7 heteroatoms. The molecule has 2 rings (SSSR count). The summed E-state index contributed by atoms with van der Waals surface area (Å²) >= 11 is 5.74. The van der Waals surface area contributed by atoms with E-state index in [2.05, 4.69) is 5.32 Å². The van der Waals surface area contributed by atoms with Crippen molar-refractivity contribution in [3.05, 3.63) is 29.0 Å². The molecule has 1 aliphatic rings. The molecule has 0 aliphatic heterocycles. The lowest BCUT2D eigenvalue weighted by Gasteiger charge is -2.14. The zero-order valence-corrected chi connectivity index (χ0v) is 11.2. The third-order valence-corrected chi connectivity index (χ3v) is 3.22. The van der Waals surface area contributed by atoms with Gasteiger partial charge in [-0.05, 0) is 37.0 Å². The standard InChI is InChI=1S/C13H13ClFNO4/c14-9-5-8(15)3-4-10(9)20-6-11(17)16-12(13(18)19)7-1-2-7/h3-5,7,12H,1-2,6H2,(H,16,17)(H,18,19). The van der Waals surface area contributed by atoms with E-state index in [1.807, 2.05) is 0 Å². The van der Waals surface area contributed by atoms with Gasteiger partial charge in [-0.1, -0.05) is 11.6 Å². The quantitative estimate of drug-likeness (QED) is 0.840. The first-order valence-electron chi connectivity index (χ1n) is 6.07. The summed E-state index contributed by atoms with van der Waals surface area (Å²) in [5.74, 6) is -1.95. The lowest BCUT2D eigenvalue weighted by molar-refractivity contribution is -0.142. The van der Waals surface area contributed by atoms with Gasteiger partial charge in [0.25, 0.3) is 5.91 Å². The molecule has 0 heterocycles. The molecular weight excluding hydrogens is 289 g/mol. The van der Waals surface area contributed by atoms with Gasteiger partial charge in [-0.25, -0.2) is 9.18 Å². The minimum atomic E-state index is -1.05. The maximum atomic E-state index is 12.8. The first kappa shape index (κ1) is 14.6. The summed E-state index contributed by atoms with van der Waals surface area (Å²) in [6.45, 7) is -0.373. The Labute approximate surface area is 119 Å². The van der Waals surface area contributed by atoms with Crippen LogP contribution in [0.3, 0.4) is 0 Å². The van der Waals surface area contributed by atoms with Crippen molar-refractivity contribution >= 4 is 23.5 Å². The van der Waals surface area contributed by atoms with E-state index in [0.29, 0.717) is 0 Å². The van der Waals surface area contributed by atoms with Crippen molar-refractivity contribution in [2.75, 3.05) is 6.61 Å². The minimum absolute atomic E-state index is 0.00846. The Balaban J connectivity index is 1.86. The maximum absolute atomic E-state index is 12.8. The zero-order valence-electron chi connectivity index (χ0n) is 10.4. The Morgan fingerprint density at radius 3 is 2.75 bits per heavy atom. The first-order chi connectivity index (χ1) is 9.47. The first-order valence-corrected chi connectivity index (χ1v) is 6.45. The van der Waals surface area contributed by atoms with E-state index in [0.717, 1.165) is 25.0 Å². The number of hydrogen-bond donors (Lipinski definition) is 2. The third-order valence-electron chi connectivity index (χ3n) is 2.93. The second-order valence-electron chi connectivity index (χ2n) is 4.58. The van der Waals surface area contributed by atoms with Crippen LogP contribution in [-0.2, 0) is 9.59 Å². The summed E-state index contributed by atoms with van der Waals surface area (Å²) in [6, 6.07) is 2.65. The van der Waals surface area contributed by atoms with Crippen LogP contribution in [0.25, 0.3) is 0 Å². The van der Waals surface area contributed by atoms with E-state index in [9.17, 15) is 14.0 Å². The molecular formula is C13H13ClFNO4. The van der Waals surface area contributed by atoms with Crippen LogP contribution in [0.2, 0.25) is 5.02 Å². The Kier molecular flexibility index (Phi) is 4.44. The lowest BCUT2D eigenvalue weighted by atomic mass is 10.2. The molecule has 1 aliphatic carbocycles. The molecule has 0 bridgehead atoms. The molecule has 0 spiro atoms. The second kappa shape index (κ2) is 6.09. The molecule has 0 radical (unpaired) electrons. The number of carbonyl (C=O) groups is 2. The Morgan fingerprint density at radius 1 is 1.50 bits per heavy atom. The molecule has 5 nitrogen and oxygen atoms in total. The summed E-state index contributed by atoms with van der Waals surface area (Å²) in [7, 11) is 0. The molecule has 1 aromatic carbocycles. The fraction of sp³-hybridized carbons (Fsp3) is 0.385. The number of carbonyl (C=O) groups excluding carboxylic acids is 1. The van der Waals surface area contributed by atoms with Crippen LogP contribution in [0.4, 0.5) is 4.39 Å². The molecule has 1 unspecified atom stereocenters. The van der Waals surface area contributed by atoms with Crippen molar-refractivity contribution in [3.63, 3.8) is 0 Å². The summed E-state index contributed by atoms with van der Waals surface area (Å²) < 4.78 is 17.9. The average molecular weight is 302 g/mol. The van der Waals surface area contributed by atoms with Crippen molar-refractivity contribution in [2.24, 2.45) is 5.92 Å². The van der Waals surface area contributed by atoms with Gasteiger partial charge in [0, 0.05) is 0 Å². The number of amides is 1. The number of hydrogen-bond acceptors (Lipinski definition) is 3. The topological polar surface area (TPSA) is 75.6 Å². The van der Waals surface area contributed by atoms with Gasteiger partial charge in [0.1, 0.15) is 17.6 Å². The van der Waals surface area contributed by atoms with Crippen molar-refractivity contribution < 1.29 is 23.8 Å². The fourth-order valence-corrected chi connectivity index (χ4v) is 1.98. The van der Waals surface area contributed by atoms with Crippen LogP contribution in [0.5, 0.6) is 5.75 Å². The molecule has 2 N–H and O–H groups in total. The second-order valence-corrected chi connectivity index (χ2v) is 4.99. The highest BCUT2D eigenvalue weighted by Crippen LogP contribution is 2.32. The molecule has 1 amide bonds. The van der Waals surface area contributed by atoms with Gasteiger partial charge < -0.3 is 15.2 Å². The lowest BCUT2D eigenvalue weighted by Crippen LogP contribution is -2.44. The van der Waals surface area contributed by atoms with E-state index < -0.39 is 23.7 Å². The van der Waals surface area contributed by atoms with E-state index in [-0.39, 0.29) is 23.3 Å². The van der Waals surface area contributed by atoms with Crippen LogP contribution in [0.15, 0.2) is 18.2 Å². The highest BCUT2D eigenvalue weighted by atomic mass is 35.5. The summed E-state index contributed by atoms with van der Waals surface area (Å²) in [6.07, 6.45) is 1.59. The van der Waals surface area contributed by atoms with E-state index >= 15 is 0 Å². The molecule has 20 heavy (non-hydrogen) atoms. The maximum Gasteiger partial charge on any atom is 0.326 e. The number of rotatable bonds is 6. The molecule has 1 atom stereocenters. The normalized spacial score (nSPS) is 15.5. The van der Waals surface area contributed by atoms with Crippen molar-refractivity contribution in [1.82, 2.24) is 5.32 Å². The number of carboxylic acid groups (broad SMARTS) is 1. The van der Waals surface area contributed by atoms with Crippen molar-refractivity contribution in [3.8, 4) is 5.75 Å². The van der Waals surface area contributed by atoms with E-state index in [1.54, 1.807) is 0 Å². The highest BCUT2D eigenvalue weighted by Gasteiger charge is 2.37. The predicted molar refractivity (Wildman–Crippen MR) is 69.2 cm³/mol. The van der Waals surface area contributed by atoms with Crippen LogP contribution < -0.4 is 10.1 Å². The van der Waals surface area contributed by atoms with Crippen LogP contribution in [0, 0.1) is 11.7 Å². The van der Waals surface area contributed by atoms with Crippen molar-refractivity contribution in [1.29, 1.82) is 0 Å². The number of ether oxygens (including phenoxy) is 1. The van der Waals surface area contributed by atoms with Crippen LogP contribution >= 0.6 is 11.6 Å². The van der Waals surface area contributed by atoms with Gasteiger partial charge in [-0.3, -0.25) is 4.79 Å². The third kappa shape index (κ3) is 3.84. The Hall–Kier alpha value is -1.82. The summed E-state index contributed by atoms with van der Waals surface area (Å²) in [5, 5.41) is 11.4. The number of halogens is 2. The predicted octanol–water partition coefficient (Wildman–Crippen LogP) is 1.84. The van der Waals surface area contributed by atoms with E-state index in [4.69, 9.17) is 21.4 Å². The van der Waals surface area contributed by atoms with Crippen molar-refractivity contribution in [2.45, 2.75) is 18.9 Å². The molecule has 0 saturated heterocycles. The van der Waals surface area contributed by atoms with Crippen LogP contribution in [0.1, 0.15) is 12.8 Å². The molecule has 108 valence electrons. The number of carboxylic acids is 1. The van der Waals surface area contributed by atoms with Gasteiger partial charge in [-0.15, -0.1) is 0 Å². The minimum Gasteiger partial charge on any atom is -0.482 e. The van der Waals surface area contributed by atoms with Gasteiger partial charge in [0.2, 0.25) is 0 Å². The summed E-state index contributed by atoms with van der Waals surface area (Å²) in [4.78, 5) is 22.6. The molecule has 0 aromatic heterocycles. The molecule has 1 aromatic rings. The fourth-order valence-electron chi connectivity index (χ4n) is 1.76. The average Bonchev–Trinajstić information content (AvgIpc) is 3.18. The zero-order chi connectivity index (χ0) is 14.7. The van der Waals surface area contributed by atoms with Crippen LogP contribution in [-0.4, -0.2) is 29.6 Å². The SMILES string of the molecule is O=C(COc1ccc(F)cc1Cl)NC(C(=O)O)C1CC1. The van der Waals surface area contributed by atoms with Gasteiger partial charge in [-0.2, -0.15) is 0 Å². The van der Waals surface area contributed by atoms with Gasteiger partial charge in [0.05, 0.1) is 5.02 Å². The highest BCUT2D eigenvalue weighted by molar-refractivity contribution is 6.32. The smallest absolute Gasteiger partial charge is 0.326 e.